The number of unbranched alkanes of at least 4 members (excludes halogenated alkanes) is 3. The maximum atomic E-state index is 10.4. The van der Waals surface area contributed by atoms with Crippen molar-refractivity contribution in [2.75, 3.05) is 6.61 Å². The van der Waals surface area contributed by atoms with Gasteiger partial charge in [-0.25, -0.2) is 4.98 Å². The molecule has 0 saturated carbocycles. The molecule has 5 aromatic rings. The van der Waals surface area contributed by atoms with Gasteiger partial charge in [-0.1, -0.05) is 74.7 Å². The van der Waals surface area contributed by atoms with Crippen LogP contribution in [0, 0.1) is 0 Å². The Morgan fingerprint density at radius 1 is 0.676 bits per heavy atom. The van der Waals surface area contributed by atoms with Crippen molar-refractivity contribution in [3.05, 3.63) is 78.9 Å². The van der Waals surface area contributed by atoms with Gasteiger partial charge in [-0.3, -0.25) is 0 Å². The summed E-state index contributed by atoms with van der Waals surface area (Å²) in [4.78, 5) is 13.8. The summed E-state index contributed by atoms with van der Waals surface area (Å²) in [5.41, 5.74) is 1.42. The average molecular weight is 450 g/mol. The molecule has 0 amide bonds. The van der Waals surface area contributed by atoms with Crippen molar-refractivity contribution in [3.63, 3.8) is 0 Å². The third-order valence-electron chi connectivity index (χ3n) is 5.95. The summed E-state index contributed by atoms with van der Waals surface area (Å²) in [7, 11) is 0. The lowest BCUT2D eigenvalue weighted by atomic mass is 10.0. The van der Waals surface area contributed by atoms with Crippen LogP contribution < -0.4 is 4.74 Å². The molecule has 1 aromatic heterocycles. The lowest BCUT2D eigenvalue weighted by Crippen LogP contribution is -2.05. The first-order valence-corrected chi connectivity index (χ1v) is 11.8. The standard InChI is InChI=1S/C29H27N3O2/c1-2-3-4-9-16-34-29-31-27(30-28(32-29)25-12-7-8-13-26(25)33)23-15-14-22-17-20-10-5-6-11-21(20)18-24(22)19-23/h5-8,10-15,17-19,33H,2-4,9,16H2,1H3. The first-order chi connectivity index (χ1) is 16.7. The number of hydrogen-bond donors (Lipinski definition) is 1. The van der Waals surface area contributed by atoms with E-state index >= 15 is 0 Å². The van der Waals surface area contributed by atoms with Crippen molar-refractivity contribution in [1.29, 1.82) is 0 Å². The number of fused-ring (bicyclic) bond motifs is 2. The molecule has 0 fully saturated rings. The maximum Gasteiger partial charge on any atom is 0.320 e. The summed E-state index contributed by atoms with van der Waals surface area (Å²) in [5.74, 6) is 1.04. The molecular formula is C29H27N3O2. The van der Waals surface area contributed by atoms with Gasteiger partial charge in [-0.05, 0) is 58.3 Å². The van der Waals surface area contributed by atoms with E-state index in [0.29, 0.717) is 23.8 Å². The minimum atomic E-state index is 0.124. The van der Waals surface area contributed by atoms with E-state index in [0.717, 1.165) is 29.2 Å². The van der Waals surface area contributed by atoms with Gasteiger partial charge < -0.3 is 9.84 Å². The smallest absolute Gasteiger partial charge is 0.320 e. The minimum absolute atomic E-state index is 0.124. The van der Waals surface area contributed by atoms with E-state index in [9.17, 15) is 5.11 Å². The van der Waals surface area contributed by atoms with Crippen molar-refractivity contribution in [1.82, 2.24) is 15.0 Å². The zero-order valence-electron chi connectivity index (χ0n) is 19.2. The quantitative estimate of drug-likeness (QED) is 0.201. The number of aromatic nitrogens is 3. The number of hydrogen-bond acceptors (Lipinski definition) is 5. The highest BCUT2D eigenvalue weighted by atomic mass is 16.5. The molecule has 0 saturated heterocycles. The zero-order chi connectivity index (χ0) is 23.3. The van der Waals surface area contributed by atoms with Crippen LogP contribution in [0.1, 0.15) is 32.6 Å². The molecule has 0 bridgehead atoms. The molecule has 170 valence electrons. The molecule has 34 heavy (non-hydrogen) atoms. The number of aromatic hydroxyl groups is 1. The summed E-state index contributed by atoms with van der Waals surface area (Å²) in [5, 5.41) is 15.1. The maximum absolute atomic E-state index is 10.4. The number of benzene rings is 4. The molecular weight excluding hydrogens is 422 g/mol. The van der Waals surface area contributed by atoms with Gasteiger partial charge in [-0.2, -0.15) is 9.97 Å². The molecule has 0 atom stereocenters. The van der Waals surface area contributed by atoms with Crippen LogP contribution in [0.15, 0.2) is 78.9 Å². The van der Waals surface area contributed by atoms with E-state index in [2.05, 4.69) is 59.4 Å². The van der Waals surface area contributed by atoms with Gasteiger partial charge in [0.1, 0.15) is 5.75 Å². The van der Waals surface area contributed by atoms with Crippen LogP contribution in [-0.2, 0) is 0 Å². The first-order valence-electron chi connectivity index (χ1n) is 11.8. The molecule has 5 nitrogen and oxygen atoms in total. The average Bonchev–Trinajstić information content (AvgIpc) is 2.87. The predicted molar refractivity (Wildman–Crippen MR) is 137 cm³/mol. The van der Waals surface area contributed by atoms with Crippen LogP contribution in [0.3, 0.4) is 0 Å². The monoisotopic (exact) mass is 449 g/mol. The number of ether oxygens (including phenoxy) is 1. The van der Waals surface area contributed by atoms with Crippen LogP contribution in [0.2, 0.25) is 0 Å². The summed E-state index contributed by atoms with van der Waals surface area (Å²) in [6.07, 6.45) is 4.41. The van der Waals surface area contributed by atoms with Crippen LogP contribution in [0.4, 0.5) is 0 Å². The number of para-hydroxylation sites is 1. The highest BCUT2D eigenvalue weighted by Crippen LogP contribution is 2.31. The topological polar surface area (TPSA) is 68.1 Å². The second-order valence-corrected chi connectivity index (χ2v) is 8.45. The van der Waals surface area contributed by atoms with Crippen molar-refractivity contribution >= 4 is 21.5 Å². The Bertz CT molecular complexity index is 1450. The number of phenolic OH excluding ortho intramolecular Hbond substituents is 1. The van der Waals surface area contributed by atoms with Gasteiger partial charge in [0.25, 0.3) is 0 Å². The van der Waals surface area contributed by atoms with E-state index in [1.165, 1.54) is 23.6 Å². The van der Waals surface area contributed by atoms with Gasteiger partial charge in [0.05, 0.1) is 12.2 Å². The van der Waals surface area contributed by atoms with Gasteiger partial charge in [0.2, 0.25) is 0 Å². The molecule has 0 radical (unpaired) electrons. The normalized spacial score (nSPS) is 11.2. The minimum Gasteiger partial charge on any atom is -0.507 e. The summed E-state index contributed by atoms with van der Waals surface area (Å²) in [6.45, 7) is 2.73. The van der Waals surface area contributed by atoms with Crippen molar-refractivity contribution < 1.29 is 9.84 Å². The molecule has 0 spiro atoms. The van der Waals surface area contributed by atoms with E-state index in [-0.39, 0.29) is 11.8 Å². The van der Waals surface area contributed by atoms with Gasteiger partial charge in [0.15, 0.2) is 11.6 Å². The number of rotatable bonds is 8. The molecule has 0 aliphatic carbocycles. The summed E-state index contributed by atoms with van der Waals surface area (Å²) >= 11 is 0. The van der Waals surface area contributed by atoms with Gasteiger partial charge in [-0.15, -0.1) is 0 Å². The summed E-state index contributed by atoms with van der Waals surface area (Å²) in [6, 6.07) is 26.3. The predicted octanol–water partition coefficient (Wildman–Crippen LogP) is 7.18. The third-order valence-corrected chi connectivity index (χ3v) is 5.95. The molecule has 0 unspecified atom stereocenters. The van der Waals surface area contributed by atoms with Crippen LogP contribution in [-0.4, -0.2) is 26.7 Å². The van der Waals surface area contributed by atoms with Crippen molar-refractivity contribution in [2.45, 2.75) is 32.6 Å². The molecule has 5 heteroatoms. The molecule has 0 aliphatic rings. The molecule has 0 aliphatic heterocycles. The molecule has 1 N–H and O–H groups in total. The highest BCUT2D eigenvalue weighted by molar-refractivity contribution is 5.99. The fourth-order valence-electron chi connectivity index (χ4n) is 4.10. The van der Waals surface area contributed by atoms with E-state index in [4.69, 9.17) is 9.72 Å². The Kier molecular flexibility index (Phi) is 6.34. The number of phenols is 1. The Labute approximate surface area is 199 Å². The SMILES string of the molecule is CCCCCCOc1nc(-c2ccc3cc4ccccc4cc3c2)nc(-c2ccccc2O)n1. The highest BCUT2D eigenvalue weighted by Gasteiger charge is 2.14. The van der Waals surface area contributed by atoms with Gasteiger partial charge >= 0.3 is 6.01 Å². The van der Waals surface area contributed by atoms with Crippen LogP contribution in [0.5, 0.6) is 11.8 Å². The lowest BCUT2D eigenvalue weighted by molar-refractivity contribution is 0.281. The second-order valence-electron chi connectivity index (χ2n) is 8.45. The second kappa shape index (κ2) is 9.87. The Morgan fingerprint density at radius 2 is 1.38 bits per heavy atom. The molecule has 1 heterocycles. The molecule has 4 aromatic carbocycles. The van der Waals surface area contributed by atoms with E-state index in [1.807, 2.05) is 18.2 Å². The van der Waals surface area contributed by atoms with E-state index in [1.54, 1.807) is 18.2 Å². The molecule has 5 rings (SSSR count). The van der Waals surface area contributed by atoms with Crippen molar-refractivity contribution in [3.8, 4) is 34.5 Å². The van der Waals surface area contributed by atoms with Crippen LogP contribution in [0.25, 0.3) is 44.3 Å². The lowest BCUT2D eigenvalue weighted by Gasteiger charge is -2.10. The fraction of sp³-hybridized carbons (Fsp3) is 0.207. The van der Waals surface area contributed by atoms with Gasteiger partial charge in [0, 0.05) is 5.56 Å². The first kappa shape index (κ1) is 21.8. The largest absolute Gasteiger partial charge is 0.507 e. The Hall–Kier alpha value is -3.99. The zero-order valence-corrected chi connectivity index (χ0v) is 19.2. The van der Waals surface area contributed by atoms with Crippen LogP contribution >= 0.6 is 0 Å². The number of nitrogens with zero attached hydrogens (tertiary/aromatic N) is 3. The van der Waals surface area contributed by atoms with Crippen molar-refractivity contribution in [2.24, 2.45) is 0 Å². The fourth-order valence-corrected chi connectivity index (χ4v) is 4.10. The Balaban J connectivity index is 1.55. The Morgan fingerprint density at radius 3 is 2.18 bits per heavy atom. The summed E-state index contributed by atoms with van der Waals surface area (Å²) < 4.78 is 5.92. The van der Waals surface area contributed by atoms with E-state index < -0.39 is 0 Å². The third kappa shape index (κ3) is 4.69.